The lowest BCUT2D eigenvalue weighted by molar-refractivity contribution is -0.143. The molecule has 4 N–H and O–H groups in total. The molecule has 0 radical (unpaired) electrons. The van der Waals surface area contributed by atoms with Crippen LogP contribution < -0.4 is 16.4 Å². The van der Waals surface area contributed by atoms with Crippen LogP contribution in [0.4, 0.5) is 0 Å². The number of hydrogen-bond acceptors (Lipinski definition) is 9. The van der Waals surface area contributed by atoms with Crippen LogP contribution >= 0.6 is 0 Å². The molecule has 0 saturated carbocycles. The van der Waals surface area contributed by atoms with E-state index in [4.69, 9.17) is 15.2 Å². The summed E-state index contributed by atoms with van der Waals surface area (Å²) in [5, 5.41) is 4.72. The van der Waals surface area contributed by atoms with Gasteiger partial charge in [0.15, 0.2) is 0 Å². The SMILES string of the molecule is CCOC(=O)CC[C@@H](NC(=O)[C@H](C)NC(=O)COCCN1C(=O)c2ccccc2S1(=O)=O)C(N)=O. The van der Waals surface area contributed by atoms with E-state index in [1.54, 1.807) is 13.0 Å². The van der Waals surface area contributed by atoms with E-state index >= 15 is 0 Å². The highest BCUT2D eigenvalue weighted by Gasteiger charge is 2.40. The minimum absolute atomic E-state index is 0.0638. The van der Waals surface area contributed by atoms with Crippen LogP contribution in [0.3, 0.4) is 0 Å². The number of amides is 4. The molecule has 1 aliphatic rings. The van der Waals surface area contributed by atoms with Gasteiger partial charge in [-0.2, -0.15) is 0 Å². The normalized spacial score (nSPS) is 15.6. The average Bonchev–Trinajstić information content (AvgIpc) is 2.99. The van der Waals surface area contributed by atoms with E-state index in [9.17, 15) is 32.4 Å². The number of sulfonamides is 1. The molecule has 4 amide bonds. The van der Waals surface area contributed by atoms with Crippen molar-refractivity contribution in [3.05, 3.63) is 29.8 Å². The smallest absolute Gasteiger partial charge is 0.305 e. The summed E-state index contributed by atoms with van der Waals surface area (Å²) < 4.78 is 35.5. The number of nitrogens with one attached hydrogen (secondary N) is 2. The van der Waals surface area contributed by atoms with Crippen LogP contribution in [0.2, 0.25) is 0 Å². The largest absolute Gasteiger partial charge is 0.466 e. The Bertz CT molecular complexity index is 1090. The number of carbonyl (C=O) groups is 5. The van der Waals surface area contributed by atoms with Crippen molar-refractivity contribution in [3.8, 4) is 0 Å². The maximum absolute atomic E-state index is 12.5. The first kappa shape index (κ1) is 27.7. The zero-order valence-corrected chi connectivity index (χ0v) is 20.1. The fraction of sp³-hybridized carbons (Fsp3) is 0.476. The molecule has 0 aromatic heterocycles. The van der Waals surface area contributed by atoms with Crippen molar-refractivity contribution in [2.24, 2.45) is 5.73 Å². The van der Waals surface area contributed by atoms with Gasteiger partial charge in [0, 0.05) is 6.42 Å². The van der Waals surface area contributed by atoms with Crippen molar-refractivity contribution in [2.75, 3.05) is 26.4 Å². The third-order valence-corrected chi connectivity index (χ3v) is 6.80. The Kier molecular flexibility index (Phi) is 9.71. The number of carbonyl (C=O) groups excluding carboxylic acids is 5. The summed E-state index contributed by atoms with van der Waals surface area (Å²) in [7, 11) is -3.98. The molecule has 0 bridgehead atoms. The Labute approximate surface area is 202 Å². The first-order chi connectivity index (χ1) is 16.5. The minimum Gasteiger partial charge on any atom is -0.466 e. The fourth-order valence-electron chi connectivity index (χ4n) is 3.19. The van der Waals surface area contributed by atoms with Crippen LogP contribution in [0, 0.1) is 0 Å². The van der Waals surface area contributed by atoms with Gasteiger partial charge in [-0.1, -0.05) is 12.1 Å². The van der Waals surface area contributed by atoms with E-state index in [1.165, 1.54) is 25.1 Å². The molecule has 192 valence electrons. The van der Waals surface area contributed by atoms with E-state index in [0.29, 0.717) is 4.31 Å². The van der Waals surface area contributed by atoms with Crippen LogP contribution in [-0.4, -0.2) is 80.8 Å². The quantitative estimate of drug-likeness (QED) is 0.212. The van der Waals surface area contributed by atoms with Crippen LogP contribution in [0.5, 0.6) is 0 Å². The summed E-state index contributed by atoms with van der Waals surface area (Å²) in [4.78, 5) is 59.6. The van der Waals surface area contributed by atoms with Crippen molar-refractivity contribution in [2.45, 2.75) is 43.7 Å². The number of primary amides is 1. The van der Waals surface area contributed by atoms with Gasteiger partial charge in [0.2, 0.25) is 17.7 Å². The van der Waals surface area contributed by atoms with Gasteiger partial charge in [-0.05, 0) is 32.4 Å². The number of rotatable bonds is 13. The van der Waals surface area contributed by atoms with Gasteiger partial charge in [-0.15, -0.1) is 0 Å². The van der Waals surface area contributed by atoms with Gasteiger partial charge in [0.1, 0.15) is 23.6 Å². The summed E-state index contributed by atoms with van der Waals surface area (Å²) in [6, 6.07) is 3.62. The molecule has 1 heterocycles. The number of nitrogens with two attached hydrogens (primary N) is 1. The first-order valence-corrected chi connectivity index (χ1v) is 12.2. The number of ether oxygens (including phenoxy) is 2. The summed E-state index contributed by atoms with van der Waals surface area (Å²) in [5.74, 6) is -3.46. The predicted octanol–water partition coefficient (Wildman–Crippen LogP) is -1.33. The Morgan fingerprint density at radius 3 is 2.46 bits per heavy atom. The first-order valence-electron chi connectivity index (χ1n) is 10.8. The molecule has 13 nitrogen and oxygen atoms in total. The third-order valence-electron chi connectivity index (χ3n) is 4.96. The van der Waals surface area contributed by atoms with Crippen molar-refractivity contribution in [3.63, 3.8) is 0 Å². The monoisotopic (exact) mass is 512 g/mol. The van der Waals surface area contributed by atoms with Gasteiger partial charge in [0.25, 0.3) is 15.9 Å². The van der Waals surface area contributed by atoms with Crippen LogP contribution in [0.1, 0.15) is 37.0 Å². The number of esters is 1. The van der Waals surface area contributed by atoms with E-state index in [0.717, 1.165) is 0 Å². The number of fused-ring (bicyclic) bond motifs is 1. The second-order valence-electron chi connectivity index (χ2n) is 7.53. The Morgan fingerprint density at radius 1 is 1.14 bits per heavy atom. The number of hydrogen-bond donors (Lipinski definition) is 3. The molecule has 2 atom stereocenters. The van der Waals surface area contributed by atoms with Crippen LogP contribution in [0.15, 0.2) is 29.2 Å². The summed E-state index contributed by atoms with van der Waals surface area (Å²) in [5.41, 5.74) is 5.32. The second-order valence-corrected chi connectivity index (χ2v) is 9.36. The molecule has 0 spiro atoms. The molecule has 0 aliphatic carbocycles. The third kappa shape index (κ3) is 7.23. The van der Waals surface area contributed by atoms with E-state index in [2.05, 4.69) is 10.6 Å². The van der Waals surface area contributed by atoms with E-state index in [-0.39, 0.29) is 43.1 Å². The molecule has 0 fully saturated rings. The second kappa shape index (κ2) is 12.3. The maximum atomic E-state index is 12.5. The minimum atomic E-state index is -3.98. The van der Waals surface area contributed by atoms with Crippen LogP contribution in [-0.2, 0) is 38.7 Å². The summed E-state index contributed by atoms with van der Waals surface area (Å²) in [6.45, 7) is 2.13. The number of nitrogens with zero attached hydrogens (tertiary/aromatic N) is 1. The molecule has 1 aliphatic heterocycles. The van der Waals surface area contributed by atoms with Gasteiger partial charge >= 0.3 is 5.97 Å². The zero-order valence-electron chi connectivity index (χ0n) is 19.3. The zero-order chi connectivity index (χ0) is 26.2. The lowest BCUT2D eigenvalue weighted by atomic mass is 10.1. The van der Waals surface area contributed by atoms with Gasteiger partial charge in [-0.3, -0.25) is 24.0 Å². The maximum Gasteiger partial charge on any atom is 0.305 e. The molecule has 0 unspecified atom stereocenters. The lowest BCUT2D eigenvalue weighted by Crippen LogP contribution is -2.52. The Morgan fingerprint density at radius 2 is 1.83 bits per heavy atom. The summed E-state index contributed by atoms with van der Waals surface area (Å²) >= 11 is 0. The highest BCUT2D eigenvalue weighted by molar-refractivity contribution is 7.90. The van der Waals surface area contributed by atoms with Crippen molar-refractivity contribution in [1.29, 1.82) is 0 Å². The van der Waals surface area contributed by atoms with Crippen molar-refractivity contribution < 1.29 is 41.9 Å². The summed E-state index contributed by atoms with van der Waals surface area (Å²) in [6.07, 6.45) is -0.192. The molecule has 0 saturated heterocycles. The molecule has 2 rings (SSSR count). The van der Waals surface area contributed by atoms with E-state index in [1.807, 2.05) is 0 Å². The Hall–Kier alpha value is -3.52. The Balaban J connectivity index is 1.76. The fourth-order valence-corrected chi connectivity index (χ4v) is 4.74. The number of benzene rings is 1. The van der Waals surface area contributed by atoms with Gasteiger partial charge in [0.05, 0.1) is 25.3 Å². The van der Waals surface area contributed by atoms with Crippen molar-refractivity contribution >= 4 is 39.6 Å². The molecular weight excluding hydrogens is 484 g/mol. The lowest BCUT2D eigenvalue weighted by Gasteiger charge is -2.19. The van der Waals surface area contributed by atoms with Gasteiger partial charge < -0.3 is 25.8 Å². The average molecular weight is 513 g/mol. The molecule has 14 heteroatoms. The highest BCUT2D eigenvalue weighted by atomic mass is 32.2. The molecule has 1 aromatic rings. The van der Waals surface area contributed by atoms with Crippen LogP contribution in [0.25, 0.3) is 0 Å². The van der Waals surface area contributed by atoms with Gasteiger partial charge in [-0.25, -0.2) is 12.7 Å². The van der Waals surface area contributed by atoms with E-state index < -0.39 is 58.3 Å². The van der Waals surface area contributed by atoms with Crippen molar-refractivity contribution in [1.82, 2.24) is 14.9 Å². The molecular formula is C21H28N4O9S. The topological polar surface area (TPSA) is 191 Å². The standard InChI is InChI=1S/C21H28N4O9S/c1-3-34-18(27)9-8-15(19(22)28)24-20(29)13(2)23-17(26)12-33-11-10-25-21(30)14-6-4-5-7-16(14)35(25,31)32/h4-7,13,15H,3,8-12H2,1-2H3,(H2,22,28)(H,23,26)(H,24,29)/t13-,15+/m0/s1. The molecule has 35 heavy (non-hydrogen) atoms. The molecule has 1 aromatic carbocycles. The predicted molar refractivity (Wildman–Crippen MR) is 120 cm³/mol. The highest BCUT2D eigenvalue weighted by Crippen LogP contribution is 2.29.